The van der Waals surface area contributed by atoms with Crippen LogP contribution in [0.25, 0.3) is 0 Å². The van der Waals surface area contributed by atoms with Crippen LogP contribution < -0.4 is 5.32 Å². The van der Waals surface area contributed by atoms with Gasteiger partial charge in [0.25, 0.3) is 0 Å². The van der Waals surface area contributed by atoms with Gasteiger partial charge in [0.15, 0.2) is 17.5 Å². The second-order valence-corrected chi connectivity index (χ2v) is 6.15. The summed E-state index contributed by atoms with van der Waals surface area (Å²) in [6, 6.07) is 0.923. The third-order valence-electron chi connectivity index (χ3n) is 2.36. The van der Waals surface area contributed by atoms with E-state index in [0.717, 1.165) is 18.4 Å². The Morgan fingerprint density at radius 2 is 1.83 bits per heavy atom. The van der Waals surface area contributed by atoms with Gasteiger partial charge >= 0.3 is 0 Å². The molecule has 0 aliphatic carbocycles. The third kappa shape index (κ3) is 3.71. The van der Waals surface area contributed by atoms with Crippen molar-refractivity contribution in [2.75, 3.05) is 18.6 Å². The molecule has 1 aromatic rings. The smallest absolute Gasteiger partial charge is 0.194 e. The molecule has 18 heavy (non-hydrogen) atoms. The molecule has 0 amide bonds. The van der Waals surface area contributed by atoms with Gasteiger partial charge in [0.2, 0.25) is 0 Å². The second kappa shape index (κ2) is 5.71. The molecule has 1 N–H and O–H groups in total. The highest BCUT2D eigenvalue weighted by Crippen LogP contribution is 2.22. The van der Waals surface area contributed by atoms with E-state index in [4.69, 9.17) is 0 Å². The van der Waals surface area contributed by atoms with E-state index in [9.17, 15) is 21.6 Å². The van der Waals surface area contributed by atoms with Crippen molar-refractivity contribution in [3.63, 3.8) is 0 Å². The maximum atomic E-state index is 13.6. The van der Waals surface area contributed by atoms with Crippen molar-refractivity contribution < 1.29 is 21.6 Å². The SMILES string of the molecule is CCNC(CS(C)(=O)=O)c1ccc(F)c(F)c1F. The molecule has 0 saturated heterocycles. The number of benzene rings is 1. The van der Waals surface area contributed by atoms with Crippen LogP contribution in [0.4, 0.5) is 13.2 Å². The lowest BCUT2D eigenvalue weighted by Crippen LogP contribution is -2.28. The quantitative estimate of drug-likeness (QED) is 0.837. The third-order valence-corrected chi connectivity index (χ3v) is 3.30. The zero-order valence-corrected chi connectivity index (χ0v) is 10.8. The fourth-order valence-corrected chi connectivity index (χ4v) is 2.52. The minimum absolute atomic E-state index is 0.193. The number of halogens is 3. The van der Waals surface area contributed by atoms with E-state index in [2.05, 4.69) is 5.32 Å². The maximum absolute atomic E-state index is 13.6. The molecular weight excluding hydrogens is 267 g/mol. The zero-order valence-electron chi connectivity index (χ0n) is 10.0. The van der Waals surface area contributed by atoms with Gasteiger partial charge in [-0.2, -0.15) is 0 Å². The summed E-state index contributed by atoms with van der Waals surface area (Å²) in [5, 5.41) is 2.73. The summed E-state index contributed by atoms with van der Waals surface area (Å²) in [6.45, 7) is 2.08. The van der Waals surface area contributed by atoms with E-state index in [-0.39, 0.29) is 11.3 Å². The fourth-order valence-electron chi connectivity index (χ4n) is 1.62. The molecule has 7 heteroatoms. The summed E-state index contributed by atoms with van der Waals surface area (Å²) >= 11 is 0. The molecular formula is C11H14F3NO2S. The predicted octanol–water partition coefficient (Wildman–Crippen LogP) is 1.80. The van der Waals surface area contributed by atoms with Crippen LogP contribution in [0.1, 0.15) is 18.5 Å². The number of nitrogens with one attached hydrogen (secondary N) is 1. The van der Waals surface area contributed by atoms with Crippen LogP contribution in [0.3, 0.4) is 0 Å². The van der Waals surface area contributed by atoms with E-state index < -0.39 is 33.3 Å². The molecule has 0 saturated carbocycles. The van der Waals surface area contributed by atoms with Crippen molar-refractivity contribution in [1.82, 2.24) is 5.32 Å². The van der Waals surface area contributed by atoms with Gasteiger partial charge in [-0.15, -0.1) is 0 Å². The summed E-state index contributed by atoms with van der Waals surface area (Å²) < 4.78 is 61.9. The Balaban J connectivity index is 3.18. The average molecular weight is 281 g/mol. The van der Waals surface area contributed by atoms with E-state index in [1.807, 2.05) is 0 Å². The van der Waals surface area contributed by atoms with Crippen LogP contribution >= 0.6 is 0 Å². The monoisotopic (exact) mass is 281 g/mol. The van der Waals surface area contributed by atoms with Gasteiger partial charge in [-0.1, -0.05) is 13.0 Å². The van der Waals surface area contributed by atoms with Crippen LogP contribution in [0.15, 0.2) is 12.1 Å². The molecule has 0 fully saturated rings. The van der Waals surface area contributed by atoms with Gasteiger partial charge in [0.05, 0.1) is 5.75 Å². The lowest BCUT2D eigenvalue weighted by molar-refractivity contribution is 0.430. The Hall–Kier alpha value is -1.08. The molecule has 0 spiro atoms. The van der Waals surface area contributed by atoms with Crippen LogP contribution in [0.2, 0.25) is 0 Å². The molecule has 0 aliphatic rings. The number of sulfone groups is 1. The molecule has 3 nitrogen and oxygen atoms in total. The van der Waals surface area contributed by atoms with Crippen molar-refractivity contribution in [3.05, 3.63) is 35.1 Å². The highest BCUT2D eigenvalue weighted by molar-refractivity contribution is 7.90. The minimum Gasteiger partial charge on any atom is -0.309 e. The Morgan fingerprint density at radius 1 is 1.22 bits per heavy atom. The van der Waals surface area contributed by atoms with Gasteiger partial charge < -0.3 is 5.32 Å². The zero-order chi connectivity index (χ0) is 13.9. The Bertz CT molecular complexity index is 531. The van der Waals surface area contributed by atoms with Gasteiger partial charge in [-0.25, -0.2) is 21.6 Å². The molecule has 1 unspecified atom stereocenters. The highest BCUT2D eigenvalue weighted by Gasteiger charge is 2.23. The topological polar surface area (TPSA) is 46.2 Å². The average Bonchev–Trinajstić information content (AvgIpc) is 2.24. The number of hydrogen-bond acceptors (Lipinski definition) is 3. The van der Waals surface area contributed by atoms with Crippen LogP contribution in [0, 0.1) is 17.5 Å². The Kier molecular flexibility index (Phi) is 4.75. The Morgan fingerprint density at radius 3 is 2.33 bits per heavy atom. The predicted molar refractivity (Wildman–Crippen MR) is 62.4 cm³/mol. The largest absolute Gasteiger partial charge is 0.309 e. The van der Waals surface area contributed by atoms with Gasteiger partial charge in [0, 0.05) is 17.9 Å². The standard InChI is InChI=1S/C11H14F3NO2S/c1-3-15-9(6-18(2,16)17)7-4-5-8(12)11(14)10(7)13/h4-5,9,15H,3,6H2,1-2H3. The van der Waals surface area contributed by atoms with Crippen molar-refractivity contribution in [1.29, 1.82) is 0 Å². The molecule has 0 aromatic heterocycles. The van der Waals surface area contributed by atoms with E-state index >= 15 is 0 Å². The number of hydrogen-bond donors (Lipinski definition) is 1. The van der Waals surface area contributed by atoms with Crippen LogP contribution in [-0.4, -0.2) is 27.0 Å². The van der Waals surface area contributed by atoms with Gasteiger partial charge in [0.1, 0.15) is 9.84 Å². The molecule has 0 aliphatic heterocycles. The normalized spacial score (nSPS) is 13.6. The van der Waals surface area contributed by atoms with Crippen molar-refractivity contribution in [2.24, 2.45) is 0 Å². The van der Waals surface area contributed by atoms with Crippen molar-refractivity contribution >= 4 is 9.84 Å². The van der Waals surface area contributed by atoms with Crippen molar-refractivity contribution in [2.45, 2.75) is 13.0 Å². The van der Waals surface area contributed by atoms with E-state index in [0.29, 0.717) is 6.54 Å². The number of rotatable bonds is 5. The first-order valence-electron chi connectivity index (χ1n) is 5.30. The fraction of sp³-hybridized carbons (Fsp3) is 0.455. The van der Waals surface area contributed by atoms with E-state index in [1.165, 1.54) is 0 Å². The minimum atomic E-state index is -3.38. The molecule has 1 atom stereocenters. The molecule has 0 bridgehead atoms. The van der Waals surface area contributed by atoms with Crippen LogP contribution in [-0.2, 0) is 9.84 Å². The summed E-state index contributed by atoms with van der Waals surface area (Å²) in [5.74, 6) is -4.64. The highest BCUT2D eigenvalue weighted by atomic mass is 32.2. The van der Waals surface area contributed by atoms with Crippen LogP contribution in [0.5, 0.6) is 0 Å². The van der Waals surface area contributed by atoms with Gasteiger partial charge in [-0.05, 0) is 12.6 Å². The molecule has 102 valence electrons. The second-order valence-electron chi connectivity index (χ2n) is 3.97. The lowest BCUT2D eigenvalue weighted by atomic mass is 10.1. The lowest BCUT2D eigenvalue weighted by Gasteiger charge is -2.18. The first-order chi connectivity index (χ1) is 8.26. The summed E-state index contributed by atoms with van der Waals surface area (Å²) in [6.07, 6.45) is 0.995. The first-order valence-corrected chi connectivity index (χ1v) is 7.36. The molecule has 1 rings (SSSR count). The summed E-state index contributed by atoms with van der Waals surface area (Å²) in [7, 11) is -3.38. The first kappa shape index (κ1) is 15.0. The molecule has 1 aromatic carbocycles. The summed E-state index contributed by atoms with van der Waals surface area (Å²) in [5.41, 5.74) is -0.193. The molecule has 0 radical (unpaired) electrons. The van der Waals surface area contributed by atoms with Gasteiger partial charge in [-0.3, -0.25) is 0 Å². The van der Waals surface area contributed by atoms with E-state index in [1.54, 1.807) is 6.92 Å². The molecule has 0 heterocycles. The Labute approximate surface area is 104 Å². The summed E-state index contributed by atoms with van der Waals surface area (Å²) in [4.78, 5) is 0. The van der Waals surface area contributed by atoms with Crippen molar-refractivity contribution in [3.8, 4) is 0 Å². The maximum Gasteiger partial charge on any atom is 0.194 e.